The van der Waals surface area contributed by atoms with Crippen molar-refractivity contribution < 1.29 is 9.59 Å². The van der Waals surface area contributed by atoms with Crippen LogP contribution in [-0.2, 0) is 9.59 Å². The number of aryl methyl sites for hydroxylation is 1. The van der Waals surface area contributed by atoms with Gasteiger partial charge in [-0.3, -0.25) is 9.59 Å². The summed E-state index contributed by atoms with van der Waals surface area (Å²) in [5.41, 5.74) is 0.909. The van der Waals surface area contributed by atoms with E-state index in [-0.39, 0.29) is 17.7 Å². The first-order valence-electron chi connectivity index (χ1n) is 6.16. The highest BCUT2D eigenvalue weighted by Gasteiger charge is 2.28. The van der Waals surface area contributed by atoms with Crippen molar-refractivity contribution in [3.63, 3.8) is 0 Å². The lowest BCUT2D eigenvalue weighted by Gasteiger charge is -2.04. The molecule has 1 heterocycles. The fourth-order valence-electron chi connectivity index (χ4n) is 1.57. The number of nitrogens with one attached hydrogen (secondary N) is 2. The molecule has 0 aromatic carbocycles. The number of nitrogens with zero attached hydrogens (tertiary/aromatic N) is 1. The topological polar surface area (TPSA) is 71.1 Å². The van der Waals surface area contributed by atoms with E-state index in [2.05, 4.69) is 15.0 Å². The molecule has 1 aromatic rings. The van der Waals surface area contributed by atoms with Crippen molar-refractivity contribution in [3.8, 4) is 0 Å². The van der Waals surface area contributed by atoms with Crippen LogP contribution in [0.3, 0.4) is 0 Å². The number of rotatable bonds is 6. The van der Waals surface area contributed by atoms with Crippen LogP contribution in [0.1, 0.15) is 31.4 Å². The van der Waals surface area contributed by atoms with Crippen molar-refractivity contribution in [2.75, 3.05) is 11.9 Å². The lowest BCUT2D eigenvalue weighted by atomic mass is 10.3. The molecule has 0 aliphatic heterocycles. The standard InChI is InChI=1S/C12H17N3O2S/c1-8-7-11(18-15-8)14-10(16)3-2-6-13-12(17)9-4-5-9/h7,9H,2-6H2,1H3,(H,13,17)(H,14,16). The Bertz CT molecular complexity index is 440. The number of aromatic nitrogens is 1. The van der Waals surface area contributed by atoms with Crippen LogP contribution in [-0.4, -0.2) is 22.7 Å². The minimum absolute atomic E-state index is 0.0284. The summed E-state index contributed by atoms with van der Waals surface area (Å²) in [6.07, 6.45) is 3.11. The second kappa shape index (κ2) is 5.95. The van der Waals surface area contributed by atoms with E-state index in [4.69, 9.17) is 0 Å². The summed E-state index contributed by atoms with van der Waals surface area (Å²) in [7, 11) is 0. The lowest BCUT2D eigenvalue weighted by molar-refractivity contribution is -0.122. The first-order chi connectivity index (χ1) is 8.65. The molecule has 1 aliphatic carbocycles. The number of hydrogen-bond donors (Lipinski definition) is 2. The van der Waals surface area contributed by atoms with Gasteiger partial charge in [-0.2, -0.15) is 4.37 Å². The number of hydrogen-bond acceptors (Lipinski definition) is 4. The molecule has 18 heavy (non-hydrogen) atoms. The predicted molar refractivity (Wildman–Crippen MR) is 70.4 cm³/mol. The molecule has 1 aliphatic rings. The normalized spacial score (nSPS) is 14.3. The highest BCUT2D eigenvalue weighted by atomic mass is 32.1. The minimum atomic E-state index is -0.0284. The molecule has 0 spiro atoms. The first-order valence-corrected chi connectivity index (χ1v) is 6.93. The van der Waals surface area contributed by atoms with E-state index >= 15 is 0 Å². The Morgan fingerprint density at radius 3 is 2.89 bits per heavy atom. The van der Waals surface area contributed by atoms with E-state index in [1.165, 1.54) is 11.5 Å². The maximum Gasteiger partial charge on any atom is 0.225 e. The van der Waals surface area contributed by atoms with E-state index in [9.17, 15) is 9.59 Å². The Morgan fingerprint density at radius 2 is 2.28 bits per heavy atom. The Kier molecular flexibility index (Phi) is 4.30. The number of carbonyl (C=O) groups excluding carboxylic acids is 2. The van der Waals surface area contributed by atoms with Gasteiger partial charge in [-0.15, -0.1) is 0 Å². The third kappa shape index (κ3) is 4.10. The lowest BCUT2D eigenvalue weighted by Crippen LogP contribution is -2.26. The van der Waals surface area contributed by atoms with E-state index in [1.54, 1.807) is 0 Å². The Balaban J connectivity index is 1.58. The van der Waals surface area contributed by atoms with Gasteiger partial charge in [0.1, 0.15) is 5.00 Å². The molecule has 2 amide bonds. The number of carbonyl (C=O) groups is 2. The zero-order valence-electron chi connectivity index (χ0n) is 10.4. The van der Waals surface area contributed by atoms with E-state index in [0.29, 0.717) is 19.4 Å². The van der Waals surface area contributed by atoms with Gasteiger partial charge in [0.25, 0.3) is 0 Å². The van der Waals surface area contributed by atoms with Crippen LogP contribution >= 0.6 is 11.5 Å². The molecule has 0 saturated heterocycles. The van der Waals surface area contributed by atoms with Gasteiger partial charge in [-0.05, 0) is 43.8 Å². The second-order valence-corrected chi connectivity index (χ2v) is 5.35. The molecular formula is C12H17N3O2S. The molecular weight excluding hydrogens is 250 g/mol. The fourth-order valence-corrected chi connectivity index (χ4v) is 2.25. The molecule has 0 bridgehead atoms. The summed E-state index contributed by atoms with van der Waals surface area (Å²) in [5, 5.41) is 6.41. The Hall–Kier alpha value is -1.43. The average molecular weight is 267 g/mol. The quantitative estimate of drug-likeness (QED) is 0.771. The predicted octanol–water partition coefficient (Wildman–Crippen LogP) is 1.70. The summed E-state index contributed by atoms with van der Waals surface area (Å²) in [6, 6.07) is 1.84. The third-order valence-corrected chi connectivity index (χ3v) is 3.51. The van der Waals surface area contributed by atoms with Crippen molar-refractivity contribution in [1.82, 2.24) is 9.69 Å². The van der Waals surface area contributed by atoms with Crippen molar-refractivity contribution in [2.24, 2.45) is 5.92 Å². The first kappa shape index (κ1) is 13.0. The van der Waals surface area contributed by atoms with Crippen LogP contribution in [0, 0.1) is 12.8 Å². The zero-order valence-corrected chi connectivity index (χ0v) is 11.2. The van der Waals surface area contributed by atoms with E-state index < -0.39 is 0 Å². The smallest absolute Gasteiger partial charge is 0.225 e. The van der Waals surface area contributed by atoms with Gasteiger partial charge in [0, 0.05) is 18.9 Å². The van der Waals surface area contributed by atoms with Crippen LogP contribution < -0.4 is 10.6 Å². The van der Waals surface area contributed by atoms with Gasteiger partial charge in [-0.25, -0.2) is 0 Å². The maximum absolute atomic E-state index is 11.6. The van der Waals surface area contributed by atoms with Crippen molar-refractivity contribution >= 4 is 28.3 Å². The average Bonchev–Trinajstić information content (AvgIpc) is 3.10. The summed E-state index contributed by atoms with van der Waals surface area (Å²) >= 11 is 1.28. The van der Waals surface area contributed by atoms with E-state index in [0.717, 1.165) is 23.5 Å². The fraction of sp³-hybridized carbons (Fsp3) is 0.583. The minimum Gasteiger partial charge on any atom is -0.356 e. The molecule has 1 aromatic heterocycles. The maximum atomic E-state index is 11.6. The van der Waals surface area contributed by atoms with Gasteiger partial charge in [-0.1, -0.05) is 0 Å². The molecule has 1 fully saturated rings. The van der Waals surface area contributed by atoms with E-state index in [1.807, 2.05) is 13.0 Å². The summed E-state index contributed by atoms with van der Waals surface area (Å²) in [4.78, 5) is 22.9. The van der Waals surface area contributed by atoms with Crippen molar-refractivity contribution in [3.05, 3.63) is 11.8 Å². The Labute approximate surface area is 110 Å². The van der Waals surface area contributed by atoms with Crippen molar-refractivity contribution in [1.29, 1.82) is 0 Å². The summed E-state index contributed by atoms with van der Waals surface area (Å²) in [5.74, 6) is 0.340. The van der Waals surface area contributed by atoms with Crippen molar-refractivity contribution in [2.45, 2.75) is 32.6 Å². The zero-order chi connectivity index (χ0) is 13.0. The van der Waals surface area contributed by atoms with Crippen LogP contribution in [0.5, 0.6) is 0 Å². The molecule has 98 valence electrons. The molecule has 2 N–H and O–H groups in total. The highest BCUT2D eigenvalue weighted by Crippen LogP contribution is 2.28. The van der Waals surface area contributed by atoms with Gasteiger partial charge in [0.15, 0.2) is 0 Å². The molecule has 5 nitrogen and oxygen atoms in total. The number of anilines is 1. The molecule has 0 atom stereocenters. The van der Waals surface area contributed by atoms with Gasteiger partial charge < -0.3 is 10.6 Å². The van der Waals surface area contributed by atoms with Gasteiger partial charge in [0.2, 0.25) is 11.8 Å². The van der Waals surface area contributed by atoms with Gasteiger partial charge in [0.05, 0.1) is 5.69 Å². The Morgan fingerprint density at radius 1 is 1.50 bits per heavy atom. The molecule has 1 saturated carbocycles. The summed E-state index contributed by atoms with van der Waals surface area (Å²) < 4.78 is 4.09. The second-order valence-electron chi connectivity index (χ2n) is 4.55. The molecule has 6 heteroatoms. The van der Waals surface area contributed by atoms with Crippen LogP contribution in [0.4, 0.5) is 5.00 Å². The van der Waals surface area contributed by atoms with Gasteiger partial charge >= 0.3 is 0 Å². The summed E-state index contributed by atoms with van der Waals surface area (Å²) in [6.45, 7) is 2.46. The van der Waals surface area contributed by atoms with Crippen LogP contribution in [0.2, 0.25) is 0 Å². The molecule has 0 unspecified atom stereocenters. The highest BCUT2D eigenvalue weighted by molar-refractivity contribution is 7.10. The monoisotopic (exact) mass is 267 g/mol. The molecule has 0 radical (unpaired) electrons. The third-order valence-electron chi connectivity index (χ3n) is 2.72. The molecule has 2 rings (SSSR count). The number of amides is 2. The van der Waals surface area contributed by atoms with Crippen LogP contribution in [0.15, 0.2) is 6.07 Å². The van der Waals surface area contributed by atoms with Crippen LogP contribution in [0.25, 0.3) is 0 Å². The largest absolute Gasteiger partial charge is 0.356 e. The SMILES string of the molecule is Cc1cc(NC(=O)CCCNC(=O)C2CC2)sn1.